The molecule has 1 aliphatic carbocycles. The van der Waals surface area contributed by atoms with Gasteiger partial charge in [0.15, 0.2) is 0 Å². The number of allylic oxidation sites excluding steroid dienone is 6. The third-order valence-corrected chi connectivity index (χ3v) is 10.8. The number of benzene rings is 6. The predicted octanol–water partition coefficient (Wildman–Crippen LogP) is 12.1. The van der Waals surface area contributed by atoms with E-state index in [9.17, 15) is 0 Å². The van der Waals surface area contributed by atoms with Crippen LogP contribution in [0, 0.1) is 0 Å². The Hall–Kier alpha value is -5.64. The van der Waals surface area contributed by atoms with Gasteiger partial charge in [0.1, 0.15) is 0 Å². The number of fused-ring (bicyclic) bond motifs is 9. The maximum atomic E-state index is 2.48. The number of para-hydroxylation sites is 3. The maximum absolute atomic E-state index is 2.48. The van der Waals surface area contributed by atoms with Gasteiger partial charge in [-0.15, -0.1) is 11.3 Å². The number of nitrogens with zero attached hydrogens (tertiary/aromatic N) is 2. The summed E-state index contributed by atoms with van der Waals surface area (Å²) < 4.78 is 7.57. The van der Waals surface area contributed by atoms with Gasteiger partial charge in [-0.1, -0.05) is 109 Å². The lowest BCUT2D eigenvalue weighted by molar-refractivity contribution is 1.14. The molecule has 0 spiro atoms. The van der Waals surface area contributed by atoms with Gasteiger partial charge in [0.25, 0.3) is 0 Å². The van der Waals surface area contributed by atoms with Crippen molar-refractivity contribution in [1.82, 2.24) is 9.13 Å². The Morgan fingerprint density at radius 1 is 0.500 bits per heavy atom. The summed E-state index contributed by atoms with van der Waals surface area (Å²) in [4.78, 5) is 0. The molecule has 6 aromatic carbocycles. The lowest BCUT2D eigenvalue weighted by Crippen LogP contribution is -1.98. The molecule has 9 aromatic rings. The first-order valence-corrected chi connectivity index (χ1v) is 16.7. The van der Waals surface area contributed by atoms with Gasteiger partial charge in [-0.3, -0.25) is 0 Å². The van der Waals surface area contributed by atoms with Crippen LogP contribution in [0.2, 0.25) is 0 Å². The minimum absolute atomic E-state index is 0.852. The minimum atomic E-state index is 0.852. The summed E-state index contributed by atoms with van der Waals surface area (Å²) in [6, 6.07) is 48.8. The van der Waals surface area contributed by atoms with Crippen LogP contribution in [0.5, 0.6) is 0 Å². The van der Waals surface area contributed by atoms with Gasteiger partial charge in [0, 0.05) is 59.5 Å². The Balaban J connectivity index is 1.19. The van der Waals surface area contributed by atoms with Crippen molar-refractivity contribution in [3.05, 3.63) is 163 Å². The van der Waals surface area contributed by atoms with Gasteiger partial charge >= 0.3 is 0 Å². The van der Waals surface area contributed by atoms with E-state index in [-0.39, 0.29) is 0 Å². The smallest absolute Gasteiger partial charge is 0.0541 e. The summed E-state index contributed by atoms with van der Waals surface area (Å²) in [5, 5.41) is 7.76. The number of rotatable bonds is 3. The van der Waals surface area contributed by atoms with E-state index < -0.39 is 0 Å². The van der Waals surface area contributed by atoms with Gasteiger partial charge in [-0.05, 0) is 59.7 Å². The molecule has 0 saturated carbocycles. The summed E-state index contributed by atoms with van der Waals surface area (Å²) in [5.41, 5.74) is 9.91. The molecule has 46 heavy (non-hydrogen) atoms. The van der Waals surface area contributed by atoms with Crippen LogP contribution in [0.3, 0.4) is 0 Å². The largest absolute Gasteiger partial charge is 0.313 e. The number of hydrogen-bond acceptors (Lipinski definition) is 1. The third-order valence-electron chi connectivity index (χ3n) is 9.56. The lowest BCUT2D eigenvalue weighted by Gasteiger charge is -2.13. The topological polar surface area (TPSA) is 9.86 Å². The normalized spacial score (nSPS) is 13.7. The molecule has 0 saturated heterocycles. The van der Waals surface area contributed by atoms with E-state index in [0.29, 0.717) is 0 Å². The fourth-order valence-corrected chi connectivity index (χ4v) is 8.79. The van der Waals surface area contributed by atoms with Gasteiger partial charge < -0.3 is 9.13 Å². The molecule has 10 rings (SSSR count). The fourth-order valence-electron chi connectivity index (χ4n) is 7.56. The zero-order valence-corrected chi connectivity index (χ0v) is 25.8. The molecule has 0 N–H and O–H groups in total. The Morgan fingerprint density at radius 3 is 1.87 bits per heavy atom. The molecule has 0 aliphatic heterocycles. The van der Waals surface area contributed by atoms with Crippen molar-refractivity contribution in [2.75, 3.05) is 0 Å². The predicted molar refractivity (Wildman–Crippen MR) is 199 cm³/mol. The van der Waals surface area contributed by atoms with Crippen LogP contribution < -0.4 is 0 Å². The van der Waals surface area contributed by atoms with Gasteiger partial charge in [-0.25, -0.2) is 0 Å². The van der Waals surface area contributed by atoms with Crippen molar-refractivity contribution in [1.29, 1.82) is 0 Å². The van der Waals surface area contributed by atoms with Gasteiger partial charge in [0.2, 0.25) is 0 Å². The second-order valence-electron chi connectivity index (χ2n) is 12.1. The van der Waals surface area contributed by atoms with E-state index in [0.717, 1.165) is 6.42 Å². The van der Waals surface area contributed by atoms with E-state index in [4.69, 9.17) is 0 Å². The molecule has 3 heterocycles. The standard InChI is InChI=1S/C43H28N2S/c1-2-13-29(26-28(12-1)31-18-11-19-36-35-17-6-10-23-42(35)46-43(31)36)44-40-22-9-5-16-34(40)37-27-30(24-25-41(37)44)45-38-20-7-3-14-32(38)33-15-4-8-21-39(33)45/h1-12,14-27H,13H2. The van der Waals surface area contributed by atoms with Crippen LogP contribution in [0.1, 0.15) is 12.0 Å². The van der Waals surface area contributed by atoms with Crippen LogP contribution in [-0.2, 0) is 0 Å². The minimum Gasteiger partial charge on any atom is -0.313 e. The molecule has 0 fully saturated rings. The highest BCUT2D eigenvalue weighted by Crippen LogP contribution is 2.41. The molecule has 0 atom stereocenters. The highest BCUT2D eigenvalue weighted by Gasteiger charge is 2.18. The van der Waals surface area contributed by atoms with Gasteiger partial charge in [-0.2, -0.15) is 0 Å². The molecule has 0 bridgehead atoms. The van der Waals surface area contributed by atoms with Crippen molar-refractivity contribution >= 4 is 86.4 Å². The Morgan fingerprint density at radius 2 is 1.11 bits per heavy atom. The van der Waals surface area contributed by atoms with Crippen molar-refractivity contribution in [3.63, 3.8) is 0 Å². The lowest BCUT2D eigenvalue weighted by atomic mass is 10.0. The molecule has 3 aromatic heterocycles. The summed E-state index contributed by atoms with van der Waals surface area (Å²) in [7, 11) is 0. The number of hydrogen-bond donors (Lipinski definition) is 0. The first-order chi connectivity index (χ1) is 22.8. The summed E-state index contributed by atoms with van der Waals surface area (Å²) in [6.45, 7) is 0. The SMILES string of the molecule is C1=CCC(n2c3ccccc3c3cc(-n4c5ccccc5c5ccccc54)ccc32)=CC(c2cccc3c2sc2ccccc23)=C1. The molecular formula is C43H28N2S. The zero-order chi connectivity index (χ0) is 30.2. The summed E-state index contributed by atoms with van der Waals surface area (Å²) in [6.07, 6.45) is 10.0. The molecule has 0 unspecified atom stereocenters. The molecule has 1 aliphatic rings. The van der Waals surface area contributed by atoms with Crippen molar-refractivity contribution in [2.45, 2.75) is 6.42 Å². The monoisotopic (exact) mass is 604 g/mol. The third kappa shape index (κ3) is 3.70. The van der Waals surface area contributed by atoms with Crippen molar-refractivity contribution in [3.8, 4) is 5.69 Å². The fraction of sp³-hybridized carbons (Fsp3) is 0.0233. The summed E-state index contributed by atoms with van der Waals surface area (Å²) >= 11 is 1.89. The van der Waals surface area contributed by atoms with Crippen LogP contribution in [0.25, 0.3) is 80.7 Å². The first kappa shape index (κ1) is 25.7. The zero-order valence-electron chi connectivity index (χ0n) is 25.0. The van der Waals surface area contributed by atoms with Crippen molar-refractivity contribution in [2.24, 2.45) is 0 Å². The molecule has 0 amide bonds. The average molecular weight is 605 g/mol. The first-order valence-electron chi connectivity index (χ1n) is 15.8. The molecule has 0 radical (unpaired) electrons. The Labute approximate surface area is 270 Å². The quantitative estimate of drug-likeness (QED) is 0.190. The number of aromatic nitrogens is 2. The van der Waals surface area contributed by atoms with Gasteiger partial charge in [0.05, 0.1) is 22.1 Å². The van der Waals surface area contributed by atoms with Crippen LogP contribution in [0.4, 0.5) is 0 Å². The Bertz CT molecular complexity index is 2720. The van der Waals surface area contributed by atoms with E-state index in [1.807, 2.05) is 11.3 Å². The molecule has 2 nitrogen and oxygen atoms in total. The highest BCUT2D eigenvalue weighted by molar-refractivity contribution is 7.26. The number of thiophene rings is 1. The van der Waals surface area contributed by atoms with E-state index in [1.165, 1.54) is 86.3 Å². The van der Waals surface area contributed by atoms with Crippen LogP contribution in [-0.4, -0.2) is 9.13 Å². The van der Waals surface area contributed by atoms with E-state index in [2.05, 4.69) is 167 Å². The molecule has 216 valence electrons. The van der Waals surface area contributed by atoms with E-state index >= 15 is 0 Å². The molecule has 3 heteroatoms. The van der Waals surface area contributed by atoms with Crippen LogP contribution >= 0.6 is 11.3 Å². The average Bonchev–Trinajstić information content (AvgIpc) is 3.69. The second kappa shape index (κ2) is 9.93. The highest BCUT2D eigenvalue weighted by atomic mass is 32.1. The summed E-state index contributed by atoms with van der Waals surface area (Å²) in [5.74, 6) is 0. The second-order valence-corrected chi connectivity index (χ2v) is 13.1. The van der Waals surface area contributed by atoms with Crippen molar-refractivity contribution < 1.29 is 0 Å². The molecular weight excluding hydrogens is 577 g/mol. The Kier molecular flexibility index (Phi) is 5.54. The van der Waals surface area contributed by atoms with E-state index in [1.54, 1.807) is 0 Å². The maximum Gasteiger partial charge on any atom is 0.0541 e. The van der Waals surface area contributed by atoms with Crippen LogP contribution in [0.15, 0.2) is 158 Å².